The smallest absolute Gasteiger partial charge is 0.252 e. The fourth-order valence-electron chi connectivity index (χ4n) is 2.86. The summed E-state index contributed by atoms with van der Waals surface area (Å²) in [7, 11) is 0. The highest BCUT2D eigenvalue weighted by Gasteiger charge is 2.22. The SMILES string of the molecule is NC(=O)c1cnc(N[C@H]2CCCOC2)nc1CC1CCC1. The second kappa shape index (κ2) is 6.39. The molecule has 1 atom stereocenters. The van der Waals surface area contributed by atoms with E-state index in [0.717, 1.165) is 31.6 Å². The molecular weight excluding hydrogens is 268 g/mol. The highest BCUT2D eigenvalue weighted by molar-refractivity contribution is 5.93. The van der Waals surface area contributed by atoms with Crippen LogP contribution in [0.2, 0.25) is 0 Å². The number of hydrogen-bond donors (Lipinski definition) is 2. The van der Waals surface area contributed by atoms with Gasteiger partial charge in [0.25, 0.3) is 5.91 Å². The van der Waals surface area contributed by atoms with Gasteiger partial charge in [-0.25, -0.2) is 9.97 Å². The number of rotatable bonds is 5. The van der Waals surface area contributed by atoms with Gasteiger partial charge in [-0.15, -0.1) is 0 Å². The van der Waals surface area contributed by atoms with Crippen LogP contribution in [-0.2, 0) is 11.2 Å². The molecule has 21 heavy (non-hydrogen) atoms. The lowest BCUT2D eigenvalue weighted by Crippen LogP contribution is -2.31. The molecule has 114 valence electrons. The summed E-state index contributed by atoms with van der Waals surface area (Å²) in [5.41, 5.74) is 6.66. The molecule has 0 spiro atoms. The molecule has 6 nitrogen and oxygen atoms in total. The summed E-state index contributed by atoms with van der Waals surface area (Å²) in [6, 6.07) is 0.245. The summed E-state index contributed by atoms with van der Waals surface area (Å²) in [5, 5.41) is 3.30. The number of nitrogens with two attached hydrogens (primary N) is 1. The normalized spacial score (nSPS) is 22.6. The van der Waals surface area contributed by atoms with Gasteiger partial charge >= 0.3 is 0 Å². The van der Waals surface area contributed by atoms with Gasteiger partial charge in [0.05, 0.1) is 23.9 Å². The van der Waals surface area contributed by atoms with Gasteiger partial charge in [0.1, 0.15) is 0 Å². The number of carbonyl (C=O) groups is 1. The Morgan fingerprint density at radius 3 is 2.86 bits per heavy atom. The van der Waals surface area contributed by atoms with Crippen molar-refractivity contribution in [2.75, 3.05) is 18.5 Å². The van der Waals surface area contributed by atoms with Crippen LogP contribution in [0.4, 0.5) is 5.95 Å². The predicted octanol–water partition coefficient (Wildman–Crippen LogP) is 1.51. The van der Waals surface area contributed by atoms with E-state index in [4.69, 9.17) is 10.5 Å². The molecule has 6 heteroatoms. The molecule has 1 amide bonds. The number of amides is 1. The van der Waals surface area contributed by atoms with Gasteiger partial charge in [-0.3, -0.25) is 4.79 Å². The minimum absolute atomic E-state index is 0.245. The monoisotopic (exact) mass is 290 g/mol. The van der Waals surface area contributed by atoms with E-state index in [1.807, 2.05) is 0 Å². The summed E-state index contributed by atoms with van der Waals surface area (Å²) in [6.07, 6.45) is 8.16. The first-order chi connectivity index (χ1) is 10.2. The topological polar surface area (TPSA) is 90.1 Å². The molecule has 0 aromatic carbocycles. The molecule has 3 rings (SSSR count). The highest BCUT2D eigenvalue weighted by atomic mass is 16.5. The quantitative estimate of drug-likeness (QED) is 0.858. The van der Waals surface area contributed by atoms with Crippen molar-refractivity contribution in [2.45, 2.75) is 44.6 Å². The Bertz CT molecular complexity index is 510. The molecule has 2 aliphatic rings. The number of nitrogens with zero attached hydrogens (tertiary/aromatic N) is 2. The van der Waals surface area contributed by atoms with E-state index in [1.54, 1.807) is 6.20 Å². The molecule has 1 saturated heterocycles. The number of primary amides is 1. The lowest BCUT2D eigenvalue weighted by Gasteiger charge is -2.26. The maximum Gasteiger partial charge on any atom is 0.252 e. The molecule has 2 fully saturated rings. The van der Waals surface area contributed by atoms with E-state index in [-0.39, 0.29) is 6.04 Å². The van der Waals surface area contributed by atoms with Crippen molar-refractivity contribution >= 4 is 11.9 Å². The lowest BCUT2D eigenvalue weighted by atomic mass is 9.81. The molecular formula is C15H22N4O2. The number of hydrogen-bond acceptors (Lipinski definition) is 5. The van der Waals surface area contributed by atoms with Gasteiger partial charge in [0, 0.05) is 12.8 Å². The maximum atomic E-state index is 11.5. The summed E-state index contributed by atoms with van der Waals surface area (Å²) in [5.74, 6) is 0.755. The third-order valence-electron chi connectivity index (χ3n) is 4.33. The number of aromatic nitrogens is 2. The molecule has 0 radical (unpaired) electrons. The number of ether oxygens (including phenoxy) is 1. The van der Waals surface area contributed by atoms with Crippen LogP contribution in [0.1, 0.15) is 48.2 Å². The van der Waals surface area contributed by atoms with Crippen LogP contribution in [-0.4, -0.2) is 35.1 Å². The number of nitrogens with one attached hydrogen (secondary N) is 1. The summed E-state index contributed by atoms with van der Waals surface area (Å²) in [6.45, 7) is 1.51. The predicted molar refractivity (Wildman–Crippen MR) is 79.1 cm³/mol. The van der Waals surface area contributed by atoms with E-state index in [0.29, 0.717) is 24.0 Å². The van der Waals surface area contributed by atoms with Gasteiger partial charge in [0.15, 0.2) is 0 Å². The zero-order valence-corrected chi connectivity index (χ0v) is 12.2. The van der Waals surface area contributed by atoms with Crippen molar-refractivity contribution in [1.82, 2.24) is 9.97 Å². The minimum atomic E-state index is -0.447. The Balaban J connectivity index is 1.74. The average Bonchev–Trinajstić information content (AvgIpc) is 2.44. The lowest BCUT2D eigenvalue weighted by molar-refractivity contribution is 0.0873. The van der Waals surface area contributed by atoms with Crippen LogP contribution in [0, 0.1) is 5.92 Å². The fourth-order valence-corrected chi connectivity index (χ4v) is 2.86. The maximum absolute atomic E-state index is 11.5. The van der Waals surface area contributed by atoms with E-state index in [9.17, 15) is 4.79 Å². The number of carbonyl (C=O) groups excluding carboxylic acids is 1. The first-order valence-corrected chi connectivity index (χ1v) is 7.72. The van der Waals surface area contributed by atoms with Crippen molar-refractivity contribution in [3.8, 4) is 0 Å². The largest absolute Gasteiger partial charge is 0.379 e. The van der Waals surface area contributed by atoms with Crippen LogP contribution in [0.5, 0.6) is 0 Å². The van der Waals surface area contributed by atoms with Gasteiger partial charge in [-0.1, -0.05) is 19.3 Å². The Morgan fingerprint density at radius 2 is 2.24 bits per heavy atom. The van der Waals surface area contributed by atoms with Gasteiger partial charge in [-0.05, 0) is 25.2 Å². The summed E-state index contributed by atoms with van der Waals surface area (Å²) in [4.78, 5) is 20.3. The van der Waals surface area contributed by atoms with Crippen molar-refractivity contribution < 1.29 is 9.53 Å². The van der Waals surface area contributed by atoms with Crippen LogP contribution in [0.3, 0.4) is 0 Å². The Kier molecular flexibility index (Phi) is 4.34. The van der Waals surface area contributed by atoms with Crippen LogP contribution in [0.25, 0.3) is 0 Å². The zero-order chi connectivity index (χ0) is 14.7. The molecule has 1 saturated carbocycles. The zero-order valence-electron chi connectivity index (χ0n) is 12.2. The molecule has 3 N–H and O–H groups in total. The van der Waals surface area contributed by atoms with Crippen molar-refractivity contribution in [3.05, 3.63) is 17.5 Å². The van der Waals surface area contributed by atoms with Gasteiger partial charge < -0.3 is 15.8 Å². The highest BCUT2D eigenvalue weighted by Crippen LogP contribution is 2.30. The standard InChI is InChI=1S/C15H22N4O2/c16-14(20)12-8-17-15(18-11-5-2-6-21-9-11)19-13(12)7-10-3-1-4-10/h8,10-11H,1-7,9H2,(H2,16,20)(H,17,18,19)/t11-/m0/s1. The van der Waals surface area contributed by atoms with E-state index in [1.165, 1.54) is 19.3 Å². The molecule has 1 aliphatic heterocycles. The summed E-state index contributed by atoms with van der Waals surface area (Å²) >= 11 is 0. The second-order valence-electron chi connectivity index (χ2n) is 5.98. The van der Waals surface area contributed by atoms with E-state index >= 15 is 0 Å². The van der Waals surface area contributed by atoms with Crippen LogP contribution >= 0.6 is 0 Å². The minimum Gasteiger partial charge on any atom is -0.379 e. The van der Waals surface area contributed by atoms with Crippen LogP contribution < -0.4 is 11.1 Å². The first-order valence-electron chi connectivity index (χ1n) is 7.72. The second-order valence-corrected chi connectivity index (χ2v) is 5.98. The average molecular weight is 290 g/mol. The van der Waals surface area contributed by atoms with Gasteiger partial charge in [-0.2, -0.15) is 0 Å². The van der Waals surface area contributed by atoms with Gasteiger partial charge in [0.2, 0.25) is 5.95 Å². The molecule has 2 heterocycles. The molecule has 0 bridgehead atoms. The molecule has 1 aliphatic carbocycles. The molecule has 0 unspecified atom stereocenters. The molecule has 1 aromatic rings. The van der Waals surface area contributed by atoms with Crippen molar-refractivity contribution in [1.29, 1.82) is 0 Å². The van der Waals surface area contributed by atoms with Crippen molar-refractivity contribution in [3.63, 3.8) is 0 Å². The fraction of sp³-hybridized carbons (Fsp3) is 0.667. The Labute approximate surface area is 124 Å². The first kappa shape index (κ1) is 14.3. The third kappa shape index (κ3) is 3.50. The third-order valence-corrected chi connectivity index (χ3v) is 4.33. The van der Waals surface area contributed by atoms with E-state index < -0.39 is 5.91 Å². The molecule has 1 aromatic heterocycles. The number of anilines is 1. The Morgan fingerprint density at radius 1 is 1.38 bits per heavy atom. The van der Waals surface area contributed by atoms with Crippen molar-refractivity contribution in [2.24, 2.45) is 11.7 Å². The van der Waals surface area contributed by atoms with Crippen LogP contribution in [0.15, 0.2) is 6.20 Å². The van der Waals surface area contributed by atoms with E-state index in [2.05, 4.69) is 15.3 Å². The Hall–Kier alpha value is -1.69. The summed E-state index contributed by atoms with van der Waals surface area (Å²) < 4.78 is 5.45.